The molecule has 1 aliphatic heterocycles. The van der Waals surface area contributed by atoms with Crippen molar-refractivity contribution in [1.82, 2.24) is 14.5 Å². The summed E-state index contributed by atoms with van der Waals surface area (Å²) in [6.45, 7) is 6.12. The number of rotatable bonds is 3. The average Bonchev–Trinajstić information content (AvgIpc) is 2.97. The molecule has 148 valence electrons. The van der Waals surface area contributed by atoms with E-state index in [4.69, 9.17) is 4.74 Å². The fourth-order valence-electron chi connectivity index (χ4n) is 5.04. The minimum atomic E-state index is -0.273. The summed E-state index contributed by atoms with van der Waals surface area (Å²) in [4.78, 5) is 18.0. The van der Waals surface area contributed by atoms with E-state index in [1.807, 2.05) is 11.7 Å². The first-order chi connectivity index (χ1) is 12.9. The van der Waals surface area contributed by atoms with Crippen molar-refractivity contribution in [2.24, 2.45) is 0 Å². The third kappa shape index (κ3) is 3.34. The van der Waals surface area contributed by atoms with Crippen molar-refractivity contribution >= 4 is 11.0 Å². The second-order valence-electron chi connectivity index (χ2n) is 8.57. The van der Waals surface area contributed by atoms with Crippen molar-refractivity contribution in [2.75, 3.05) is 20.2 Å². The van der Waals surface area contributed by atoms with Gasteiger partial charge in [-0.2, -0.15) is 0 Å². The molecule has 0 radical (unpaired) electrons. The number of nitrogens with zero attached hydrogens (tertiary/aromatic N) is 2. The number of imidazole rings is 1. The van der Waals surface area contributed by atoms with Crippen molar-refractivity contribution < 1.29 is 9.13 Å². The average molecular weight is 375 g/mol. The maximum absolute atomic E-state index is 13.8. The molecule has 1 saturated carbocycles. The van der Waals surface area contributed by atoms with Gasteiger partial charge in [-0.05, 0) is 70.1 Å². The lowest BCUT2D eigenvalue weighted by Crippen LogP contribution is -2.52. The van der Waals surface area contributed by atoms with Crippen LogP contribution in [0.4, 0.5) is 4.39 Å². The highest BCUT2D eigenvalue weighted by Gasteiger charge is 2.38. The van der Waals surface area contributed by atoms with Crippen LogP contribution in [-0.2, 0) is 4.74 Å². The number of aryl methyl sites for hydroxylation is 1. The van der Waals surface area contributed by atoms with E-state index in [2.05, 4.69) is 16.8 Å². The summed E-state index contributed by atoms with van der Waals surface area (Å²) in [5, 5.41) is 0. The standard InChI is InChI=1S/C21H30FN3O2/c1-14-12-19-18(13-17(14)22)23-20(26)25(19)15-6-10-24(11-7-15)21(2)8-4-16(27-3)5-9-21/h12-13,15-16H,4-11H2,1-3H3,(H,23,26)/t16-,21-. The molecule has 4 rings (SSSR count). The van der Waals surface area contributed by atoms with Crippen LogP contribution in [-0.4, -0.2) is 46.3 Å². The number of hydrogen-bond donors (Lipinski definition) is 1. The van der Waals surface area contributed by atoms with E-state index in [-0.39, 0.29) is 23.1 Å². The first-order valence-electron chi connectivity index (χ1n) is 10.1. The Balaban J connectivity index is 1.50. The Kier molecular flexibility index (Phi) is 4.89. The van der Waals surface area contributed by atoms with Crippen LogP contribution in [0.3, 0.4) is 0 Å². The van der Waals surface area contributed by atoms with Crippen molar-refractivity contribution in [3.8, 4) is 0 Å². The van der Waals surface area contributed by atoms with Gasteiger partial charge in [0.1, 0.15) is 5.82 Å². The van der Waals surface area contributed by atoms with Crippen LogP contribution >= 0.6 is 0 Å². The molecule has 0 unspecified atom stereocenters. The van der Waals surface area contributed by atoms with E-state index in [9.17, 15) is 9.18 Å². The highest BCUT2D eigenvalue weighted by atomic mass is 19.1. The molecule has 0 atom stereocenters. The van der Waals surface area contributed by atoms with Gasteiger partial charge in [0.25, 0.3) is 0 Å². The molecular weight excluding hydrogens is 345 g/mol. The lowest BCUT2D eigenvalue weighted by molar-refractivity contribution is -0.0146. The topological polar surface area (TPSA) is 50.3 Å². The van der Waals surface area contributed by atoms with Crippen LogP contribution < -0.4 is 5.69 Å². The summed E-state index contributed by atoms with van der Waals surface area (Å²) < 4.78 is 21.2. The third-order valence-corrected chi connectivity index (χ3v) is 6.93. The fourth-order valence-corrected chi connectivity index (χ4v) is 5.04. The number of benzene rings is 1. The second kappa shape index (κ2) is 7.06. The van der Waals surface area contributed by atoms with Gasteiger partial charge in [-0.25, -0.2) is 9.18 Å². The second-order valence-corrected chi connectivity index (χ2v) is 8.57. The normalized spacial score (nSPS) is 28.1. The molecule has 1 aliphatic carbocycles. The van der Waals surface area contributed by atoms with E-state index in [1.54, 1.807) is 13.0 Å². The molecule has 2 aromatic rings. The number of nitrogens with one attached hydrogen (secondary N) is 1. The van der Waals surface area contributed by atoms with Gasteiger partial charge in [0.05, 0.1) is 17.1 Å². The molecule has 0 spiro atoms. The minimum absolute atomic E-state index is 0.125. The quantitative estimate of drug-likeness (QED) is 0.889. The summed E-state index contributed by atoms with van der Waals surface area (Å²) in [5.74, 6) is -0.273. The zero-order chi connectivity index (χ0) is 19.2. The van der Waals surface area contributed by atoms with Crippen molar-refractivity contribution in [1.29, 1.82) is 0 Å². The number of aromatic nitrogens is 2. The molecule has 27 heavy (non-hydrogen) atoms. The molecule has 1 saturated heterocycles. The number of hydrogen-bond acceptors (Lipinski definition) is 3. The van der Waals surface area contributed by atoms with Gasteiger partial charge >= 0.3 is 5.69 Å². The highest BCUT2D eigenvalue weighted by Crippen LogP contribution is 2.37. The molecule has 2 fully saturated rings. The van der Waals surface area contributed by atoms with E-state index >= 15 is 0 Å². The maximum atomic E-state index is 13.8. The van der Waals surface area contributed by atoms with Gasteiger partial charge in [-0.3, -0.25) is 9.47 Å². The van der Waals surface area contributed by atoms with E-state index in [0.717, 1.165) is 44.3 Å². The Morgan fingerprint density at radius 2 is 1.85 bits per heavy atom. The van der Waals surface area contributed by atoms with Gasteiger partial charge in [-0.1, -0.05) is 0 Å². The maximum Gasteiger partial charge on any atom is 0.326 e. The van der Waals surface area contributed by atoms with Gasteiger partial charge < -0.3 is 9.72 Å². The Morgan fingerprint density at radius 1 is 1.19 bits per heavy atom. The number of H-pyrrole nitrogens is 1. The predicted octanol–water partition coefficient (Wildman–Crippen LogP) is 3.76. The number of ether oxygens (including phenoxy) is 1. The van der Waals surface area contributed by atoms with Crippen molar-refractivity contribution in [3.05, 3.63) is 34.0 Å². The van der Waals surface area contributed by atoms with E-state index < -0.39 is 0 Å². The molecule has 6 heteroatoms. The fraction of sp³-hybridized carbons (Fsp3) is 0.667. The van der Waals surface area contributed by atoms with E-state index in [1.165, 1.54) is 18.9 Å². The Morgan fingerprint density at radius 3 is 2.48 bits per heavy atom. The van der Waals surface area contributed by atoms with Crippen molar-refractivity contribution in [2.45, 2.75) is 70.1 Å². The Hall–Kier alpha value is -1.66. The molecule has 2 heterocycles. The van der Waals surface area contributed by atoms with Gasteiger partial charge in [-0.15, -0.1) is 0 Å². The molecule has 0 bridgehead atoms. The van der Waals surface area contributed by atoms with Crippen LogP contribution in [0, 0.1) is 12.7 Å². The predicted molar refractivity (Wildman–Crippen MR) is 105 cm³/mol. The summed E-state index contributed by atoms with van der Waals surface area (Å²) in [5.41, 5.74) is 2.11. The largest absolute Gasteiger partial charge is 0.381 e. The zero-order valence-corrected chi connectivity index (χ0v) is 16.6. The monoisotopic (exact) mass is 375 g/mol. The first kappa shape index (κ1) is 18.7. The van der Waals surface area contributed by atoms with Crippen LogP contribution in [0.5, 0.6) is 0 Å². The lowest BCUT2D eigenvalue weighted by atomic mass is 9.79. The summed E-state index contributed by atoms with van der Waals surface area (Å²) in [6.07, 6.45) is 6.89. The molecule has 1 aromatic heterocycles. The minimum Gasteiger partial charge on any atom is -0.381 e. The van der Waals surface area contributed by atoms with Crippen LogP contribution in [0.2, 0.25) is 0 Å². The summed E-state index contributed by atoms with van der Waals surface area (Å²) in [7, 11) is 1.81. The summed E-state index contributed by atoms with van der Waals surface area (Å²) in [6, 6.07) is 3.40. The Bertz CT molecular complexity index is 871. The van der Waals surface area contributed by atoms with Crippen LogP contribution in [0.25, 0.3) is 11.0 Å². The number of likely N-dealkylation sites (tertiary alicyclic amines) is 1. The number of halogens is 1. The molecule has 2 aliphatic rings. The third-order valence-electron chi connectivity index (χ3n) is 6.93. The number of piperidine rings is 1. The first-order valence-corrected chi connectivity index (χ1v) is 10.1. The SMILES string of the molecule is CO[C@H]1CC[C@](C)(N2CCC(n3c(=O)[nH]c4cc(F)c(C)cc43)CC2)CC1. The van der Waals surface area contributed by atoms with Gasteiger partial charge in [0, 0.05) is 31.8 Å². The van der Waals surface area contributed by atoms with Crippen LogP contribution in [0.15, 0.2) is 16.9 Å². The van der Waals surface area contributed by atoms with Gasteiger partial charge in [0.2, 0.25) is 0 Å². The highest BCUT2D eigenvalue weighted by molar-refractivity contribution is 5.76. The number of methoxy groups -OCH3 is 1. The van der Waals surface area contributed by atoms with Crippen LogP contribution in [0.1, 0.15) is 57.1 Å². The molecular formula is C21H30FN3O2. The zero-order valence-electron chi connectivity index (χ0n) is 16.6. The smallest absolute Gasteiger partial charge is 0.326 e. The summed E-state index contributed by atoms with van der Waals surface area (Å²) >= 11 is 0. The molecule has 5 nitrogen and oxygen atoms in total. The lowest BCUT2D eigenvalue weighted by Gasteiger charge is -2.48. The van der Waals surface area contributed by atoms with Crippen molar-refractivity contribution in [3.63, 3.8) is 0 Å². The van der Waals surface area contributed by atoms with Gasteiger partial charge in [0.15, 0.2) is 0 Å². The molecule has 1 aromatic carbocycles. The Labute approximate surface area is 159 Å². The number of fused-ring (bicyclic) bond motifs is 1. The number of aromatic amines is 1. The molecule has 1 N–H and O–H groups in total. The molecule has 0 amide bonds. The van der Waals surface area contributed by atoms with E-state index in [0.29, 0.717) is 17.2 Å².